The van der Waals surface area contributed by atoms with Crippen LogP contribution in [-0.4, -0.2) is 93.8 Å². The van der Waals surface area contributed by atoms with Crippen molar-refractivity contribution in [1.29, 1.82) is 0 Å². The van der Waals surface area contributed by atoms with Crippen LogP contribution in [0, 0.1) is 0 Å². The number of epoxide rings is 1. The third-order valence-corrected chi connectivity index (χ3v) is 5.96. The Morgan fingerprint density at radius 1 is 1.00 bits per heavy atom. The molecule has 0 amide bonds. The maximum atomic E-state index is 10.3. The minimum atomic E-state index is -1.16. The maximum absolute atomic E-state index is 10.3. The predicted octanol–water partition coefficient (Wildman–Crippen LogP) is -1.95. The first-order valence-corrected chi connectivity index (χ1v) is 8.22. The van der Waals surface area contributed by atoms with E-state index in [-0.39, 0.29) is 24.9 Å². The average Bonchev–Trinajstić information content (AvgIpc) is 3.30. The molecular formula is C13H22O8S. The molecule has 0 aromatic heterocycles. The minimum absolute atomic E-state index is 0.278. The highest BCUT2D eigenvalue weighted by Crippen LogP contribution is 2.45. The van der Waals surface area contributed by atoms with Gasteiger partial charge < -0.3 is 39.4 Å². The molecule has 3 rings (SSSR count). The lowest BCUT2D eigenvalue weighted by Gasteiger charge is -2.42. The lowest BCUT2D eigenvalue weighted by atomic mass is 10.0. The smallest absolute Gasteiger partial charge is 0.186 e. The second-order valence-corrected chi connectivity index (χ2v) is 7.09. The Morgan fingerprint density at radius 3 is 2.36 bits per heavy atom. The molecular weight excluding hydrogens is 316 g/mol. The largest absolute Gasteiger partial charge is 0.394 e. The molecule has 10 unspecified atom stereocenters. The van der Waals surface area contributed by atoms with Crippen molar-refractivity contribution in [3.05, 3.63) is 0 Å². The van der Waals surface area contributed by atoms with Crippen molar-refractivity contribution in [3.63, 3.8) is 0 Å². The first-order valence-electron chi connectivity index (χ1n) is 7.27. The zero-order valence-electron chi connectivity index (χ0n) is 12.3. The van der Waals surface area contributed by atoms with E-state index < -0.39 is 41.4 Å². The molecule has 3 saturated heterocycles. The van der Waals surface area contributed by atoms with E-state index in [1.165, 1.54) is 18.9 Å². The number of aliphatic hydroxyl groups is 4. The van der Waals surface area contributed by atoms with Gasteiger partial charge in [0.05, 0.1) is 24.1 Å². The van der Waals surface area contributed by atoms with Crippen molar-refractivity contribution >= 4 is 11.8 Å². The second kappa shape index (κ2) is 6.50. The lowest BCUT2D eigenvalue weighted by Crippen LogP contribution is -2.57. The van der Waals surface area contributed by atoms with E-state index in [2.05, 4.69) is 0 Å². The Balaban J connectivity index is 1.65. The van der Waals surface area contributed by atoms with Crippen LogP contribution >= 0.6 is 11.8 Å². The average molecular weight is 338 g/mol. The van der Waals surface area contributed by atoms with Crippen LogP contribution in [0.5, 0.6) is 0 Å². The third-order valence-electron chi connectivity index (χ3n) is 4.34. The van der Waals surface area contributed by atoms with Gasteiger partial charge in [-0.1, -0.05) is 0 Å². The van der Waals surface area contributed by atoms with Gasteiger partial charge in [-0.05, 0) is 6.92 Å². The van der Waals surface area contributed by atoms with E-state index in [1.54, 1.807) is 6.92 Å². The number of ether oxygens (including phenoxy) is 4. The molecule has 9 heteroatoms. The van der Waals surface area contributed by atoms with Gasteiger partial charge in [0.15, 0.2) is 6.29 Å². The molecule has 4 N–H and O–H groups in total. The number of hydrogen-bond donors (Lipinski definition) is 4. The van der Waals surface area contributed by atoms with Crippen LogP contribution < -0.4 is 0 Å². The summed E-state index contributed by atoms with van der Waals surface area (Å²) >= 11 is 1.28. The van der Waals surface area contributed by atoms with Crippen LogP contribution in [0.2, 0.25) is 0 Å². The Hall–Kier alpha value is 0.0300. The number of rotatable bonds is 4. The monoisotopic (exact) mass is 338 g/mol. The number of aliphatic hydroxyl groups excluding tert-OH is 4. The van der Waals surface area contributed by atoms with Crippen molar-refractivity contribution in [2.75, 3.05) is 13.7 Å². The first-order chi connectivity index (χ1) is 10.5. The minimum Gasteiger partial charge on any atom is -0.394 e. The molecule has 8 nitrogen and oxygen atoms in total. The van der Waals surface area contributed by atoms with Crippen LogP contribution in [0.25, 0.3) is 0 Å². The van der Waals surface area contributed by atoms with Gasteiger partial charge in [-0.15, -0.1) is 11.8 Å². The van der Waals surface area contributed by atoms with Crippen molar-refractivity contribution in [2.45, 2.75) is 66.6 Å². The Bertz CT molecular complexity index is 398. The molecule has 0 spiro atoms. The number of thioether (sulfide) groups is 1. The second-order valence-electron chi connectivity index (χ2n) is 5.81. The fraction of sp³-hybridized carbons (Fsp3) is 1.00. The SMILES string of the molecule is COC1OC(C)C(SC2OC(CO)C(O)C3OC23)C(O)C1O. The zero-order chi connectivity index (χ0) is 16.0. The fourth-order valence-electron chi connectivity index (χ4n) is 2.98. The normalized spacial score (nSPS) is 54.8. The Labute approximate surface area is 132 Å². The van der Waals surface area contributed by atoms with E-state index in [0.29, 0.717) is 0 Å². The first kappa shape index (κ1) is 16.9. The third kappa shape index (κ3) is 2.90. The van der Waals surface area contributed by atoms with E-state index in [4.69, 9.17) is 18.9 Å². The Kier molecular flexibility index (Phi) is 4.98. The molecule has 0 aliphatic carbocycles. The molecule has 128 valence electrons. The zero-order valence-corrected chi connectivity index (χ0v) is 13.1. The highest BCUT2D eigenvalue weighted by atomic mass is 32.2. The lowest BCUT2D eigenvalue weighted by molar-refractivity contribution is -0.251. The summed E-state index contributed by atoms with van der Waals surface area (Å²) in [5, 5.41) is 39.0. The summed E-state index contributed by atoms with van der Waals surface area (Å²) in [6.07, 6.45) is -5.62. The topological polar surface area (TPSA) is 121 Å². The van der Waals surface area contributed by atoms with E-state index in [9.17, 15) is 20.4 Å². The maximum Gasteiger partial charge on any atom is 0.186 e. The molecule has 0 saturated carbocycles. The molecule has 0 aromatic rings. The molecule has 3 fully saturated rings. The van der Waals surface area contributed by atoms with E-state index in [0.717, 1.165) is 0 Å². The van der Waals surface area contributed by atoms with Crippen LogP contribution in [0.3, 0.4) is 0 Å². The Morgan fingerprint density at radius 2 is 1.73 bits per heavy atom. The molecule has 0 radical (unpaired) electrons. The van der Waals surface area contributed by atoms with Crippen molar-refractivity contribution in [2.24, 2.45) is 0 Å². The molecule has 22 heavy (non-hydrogen) atoms. The van der Waals surface area contributed by atoms with Gasteiger partial charge in [0.25, 0.3) is 0 Å². The molecule has 3 heterocycles. The molecule has 0 bridgehead atoms. The quantitative estimate of drug-likeness (QED) is 0.433. The van der Waals surface area contributed by atoms with Crippen molar-refractivity contribution in [3.8, 4) is 0 Å². The van der Waals surface area contributed by atoms with Gasteiger partial charge in [-0.25, -0.2) is 0 Å². The summed E-state index contributed by atoms with van der Waals surface area (Å²) in [5.74, 6) is 0. The number of fused-ring (bicyclic) bond motifs is 1. The molecule has 10 atom stereocenters. The van der Waals surface area contributed by atoms with Gasteiger partial charge in [-0.3, -0.25) is 0 Å². The summed E-state index contributed by atoms with van der Waals surface area (Å²) in [7, 11) is 1.40. The summed E-state index contributed by atoms with van der Waals surface area (Å²) < 4.78 is 21.6. The van der Waals surface area contributed by atoms with Gasteiger partial charge >= 0.3 is 0 Å². The van der Waals surface area contributed by atoms with Crippen LogP contribution in [-0.2, 0) is 18.9 Å². The molecule has 3 aliphatic heterocycles. The summed E-state index contributed by atoms with van der Waals surface area (Å²) in [6, 6.07) is 0. The van der Waals surface area contributed by atoms with Crippen LogP contribution in [0.1, 0.15) is 6.92 Å². The van der Waals surface area contributed by atoms with Gasteiger partial charge in [-0.2, -0.15) is 0 Å². The number of methoxy groups -OCH3 is 1. The standard InChI is InChI=1S/C13H22O8S/c1-4-11(7(16)8(17)12(18-2)19-4)22-13-10-9(21-10)6(15)5(3-14)20-13/h4-17H,3H2,1-2H3. The van der Waals surface area contributed by atoms with Gasteiger partial charge in [0, 0.05) is 7.11 Å². The van der Waals surface area contributed by atoms with Crippen molar-refractivity contribution < 1.29 is 39.4 Å². The fourth-order valence-corrected chi connectivity index (χ4v) is 4.47. The van der Waals surface area contributed by atoms with E-state index >= 15 is 0 Å². The highest BCUT2D eigenvalue weighted by Gasteiger charge is 2.58. The summed E-state index contributed by atoms with van der Waals surface area (Å²) in [5.41, 5.74) is -0.442. The summed E-state index contributed by atoms with van der Waals surface area (Å²) in [6.45, 7) is 1.48. The highest BCUT2D eigenvalue weighted by molar-refractivity contribution is 8.00. The van der Waals surface area contributed by atoms with Crippen LogP contribution in [0.15, 0.2) is 0 Å². The number of hydrogen-bond acceptors (Lipinski definition) is 9. The van der Waals surface area contributed by atoms with Crippen molar-refractivity contribution in [1.82, 2.24) is 0 Å². The van der Waals surface area contributed by atoms with Crippen LogP contribution in [0.4, 0.5) is 0 Å². The summed E-state index contributed by atoms with van der Waals surface area (Å²) in [4.78, 5) is 0. The van der Waals surface area contributed by atoms with E-state index in [1.807, 2.05) is 0 Å². The predicted molar refractivity (Wildman–Crippen MR) is 75.2 cm³/mol. The van der Waals surface area contributed by atoms with Gasteiger partial charge in [0.1, 0.15) is 36.0 Å². The molecule has 3 aliphatic rings. The molecule has 0 aromatic carbocycles. The van der Waals surface area contributed by atoms with Gasteiger partial charge in [0.2, 0.25) is 0 Å².